The first-order valence-corrected chi connectivity index (χ1v) is 5.70. The maximum atomic E-state index is 10.0. The van der Waals surface area contributed by atoms with E-state index in [1.807, 2.05) is 18.4 Å². The van der Waals surface area contributed by atoms with E-state index in [4.69, 9.17) is 4.74 Å². The van der Waals surface area contributed by atoms with Crippen LogP contribution in [-0.4, -0.2) is 18.3 Å². The zero-order chi connectivity index (χ0) is 10.7. The van der Waals surface area contributed by atoms with Crippen molar-refractivity contribution >= 4 is 11.3 Å². The standard InChI is InChI=1S/C11H18O2S/c1-7(2)11(13-4)10(12)9-5-8(3)14-6-9/h5-7,10-12H,1-4H3. The second-order valence-corrected chi connectivity index (χ2v) is 5.00. The lowest BCUT2D eigenvalue weighted by Crippen LogP contribution is -2.26. The molecule has 80 valence electrons. The number of rotatable bonds is 4. The Morgan fingerprint density at radius 1 is 1.43 bits per heavy atom. The summed E-state index contributed by atoms with van der Waals surface area (Å²) in [5.74, 6) is 0.315. The third-order valence-corrected chi connectivity index (χ3v) is 3.21. The molecule has 1 N–H and O–H groups in total. The summed E-state index contributed by atoms with van der Waals surface area (Å²) in [5.41, 5.74) is 0.966. The van der Waals surface area contributed by atoms with Gasteiger partial charge in [0.1, 0.15) is 6.10 Å². The number of thiophene rings is 1. The van der Waals surface area contributed by atoms with Crippen LogP contribution in [-0.2, 0) is 4.74 Å². The van der Waals surface area contributed by atoms with E-state index in [0.717, 1.165) is 5.56 Å². The highest BCUT2D eigenvalue weighted by molar-refractivity contribution is 7.10. The van der Waals surface area contributed by atoms with Crippen LogP contribution in [0.2, 0.25) is 0 Å². The number of aryl methyl sites for hydroxylation is 1. The average molecular weight is 214 g/mol. The lowest BCUT2D eigenvalue weighted by Gasteiger charge is -2.24. The van der Waals surface area contributed by atoms with Gasteiger partial charge in [0.2, 0.25) is 0 Å². The molecule has 2 atom stereocenters. The van der Waals surface area contributed by atoms with E-state index in [1.165, 1.54) is 4.88 Å². The van der Waals surface area contributed by atoms with Crippen molar-refractivity contribution in [3.05, 3.63) is 21.9 Å². The molecule has 0 aliphatic heterocycles. The molecule has 0 bridgehead atoms. The Kier molecular flexibility index (Phi) is 4.11. The van der Waals surface area contributed by atoms with Gasteiger partial charge in [0, 0.05) is 12.0 Å². The molecule has 2 nitrogen and oxygen atoms in total. The van der Waals surface area contributed by atoms with E-state index in [2.05, 4.69) is 13.8 Å². The van der Waals surface area contributed by atoms with E-state index in [-0.39, 0.29) is 6.10 Å². The lowest BCUT2D eigenvalue weighted by molar-refractivity contribution is -0.0389. The summed E-state index contributed by atoms with van der Waals surface area (Å²) in [6.07, 6.45) is -0.631. The van der Waals surface area contributed by atoms with Gasteiger partial charge in [-0.2, -0.15) is 0 Å². The van der Waals surface area contributed by atoms with Gasteiger partial charge in [-0.05, 0) is 29.9 Å². The first-order valence-electron chi connectivity index (χ1n) is 4.82. The molecule has 0 spiro atoms. The van der Waals surface area contributed by atoms with E-state index in [1.54, 1.807) is 18.4 Å². The third kappa shape index (κ3) is 2.56. The van der Waals surface area contributed by atoms with Crippen molar-refractivity contribution in [1.82, 2.24) is 0 Å². The van der Waals surface area contributed by atoms with Crippen molar-refractivity contribution in [2.45, 2.75) is 33.0 Å². The van der Waals surface area contributed by atoms with Gasteiger partial charge in [-0.25, -0.2) is 0 Å². The summed E-state index contributed by atoms with van der Waals surface area (Å²) in [4.78, 5) is 1.22. The second kappa shape index (κ2) is 4.91. The minimum absolute atomic E-state index is 0.121. The van der Waals surface area contributed by atoms with E-state index in [9.17, 15) is 5.11 Å². The van der Waals surface area contributed by atoms with Crippen LogP contribution in [0.15, 0.2) is 11.4 Å². The van der Waals surface area contributed by atoms with Crippen LogP contribution < -0.4 is 0 Å². The molecule has 0 aliphatic carbocycles. The molecule has 0 aliphatic rings. The minimum Gasteiger partial charge on any atom is -0.386 e. The fourth-order valence-electron chi connectivity index (χ4n) is 1.57. The smallest absolute Gasteiger partial charge is 0.106 e. The molecule has 2 unspecified atom stereocenters. The Balaban J connectivity index is 2.77. The molecular formula is C11H18O2S. The van der Waals surface area contributed by atoms with Crippen LogP contribution in [0.4, 0.5) is 0 Å². The van der Waals surface area contributed by atoms with Gasteiger partial charge in [-0.3, -0.25) is 0 Å². The molecule has 1 aromatic rings. The van der Waals surface area contributed by atoms with Crippen molar-refractivity contribution < 1.29 is 9.84 Å². The van der Waals surface area contributed by atoms with Crippen LogP contribution in [0.3, 0.4) is 0 Å². The molecule has 1 heterocycles. The maximum Gasteiger partial charge on any atom is 0.106 e. The van der Waals surface area contributed by atoms with Crippen LogP contribution in [0, 0.1) is 12.8 Å². The molecule has 3 heteroatoms. The number of hydrogen-bond donors (Lipinski definition) is 1. The molecule has 0 radical (unpaired) electrons. The highest BCUT2D eigenvalue weighted by atomic mass is 32.1. The van der Waals surface area contributed by atoms with Crippen molar-refractivity contribution in [3.8, 4) is 0 Å². The van der Waals surface area contributed by atoms with E-state index >= 15 is 0 Å². The van der Waals surface area contributed by atoms with Gasteiger partial charge < -0.3 is 9.84 Å². The number of aliphatic hydroxyl groups is 1. The number of aliphatic hydroxyl groups excluding tert-OH is 1. The number of ether oxygens (including phenoxy) is 1. The van der Waals surface area contributed by atoms with Crippen molar-refractivity contribution in [3.63, 3.8) is 0 Å². The normalized spacial score (nSPS) is 15.9. The third-order valence-electron chi connectivity index (χ3n) is 2.33. The molecule has 0 saturated carbocycles. The van der Waals surface area contributed by atoms with Crippen LogP contribution in [0.25, 0.3) is 0 Å². The van der Waals surface area contributed by atoms with Gasteiger partial charge in [-0.1, -0.05) is 13.8 Å². The van der Waals surface area contributed by atoms with E-state index in [0.29, 0.717) is 5.92 Å². The minimum atomic E-state index is -0.509. The molecular weight excluding hydrogens is 196 g/mol. The van der Waals surface area contributed by atoms with Crippen molar-refractivity contribution in [2.75, 3.05) is 7.11 Å². The molecule has 0 saturated heterocycles. The Labute approximate surface area is 89.5 Å². The molecule has 0 amide bonds. The first-order chi connectivity index (χ1) is 6.56. The highest BCUT2D eigenvalue weighted by Gasteiger charge is 2.24. The van der Waals surface area contributed by atoms with E-state index < -0.39 is 6.10 Å². The number of methoxy groups -OCH3 is 1. The fraction of sp³-hybridized carbons (Fsp3) is 0.636. The van der Waals surface area contributed by atoms with Crippen LogP contribution in [0.5, 0.6) is 0 Å². The molecule has 1 rings (SSSR count). The molecule has 14 heavy (non-hydrogen) atoms. The monoisotopic (exact) mass is 214 g/mol. The van der Waals surface area contributed by atoms with Crippen LogP contribution >= 0.6 is 11.3 Å². The summed E-state index contributed by atoms with van der Waals surface area (Å²) in [6, 6.07) is 2.02. The summed E-state index contributed by atoms with van der Waals surface area (Å²) in [6.45, 7) is 6.14. The summed E-state index contributed by atoms with van der Waals surface area (Å²) < 4.78 is 5.29. The predicted molar refractivity (Wildman–Crippen MR) is 59.7 cm³/mol. The maximum absolute atomic E-state index is 10.0. The van der Waals surface area contributed by atoms with Gasteiger partial charge >= 0.3 is 0 Å². The topological polar surface area (TPSA) is 29.5 Å². The predicted octanol–water partition coefficient (Wildman–Crippen LogP) is 2.76. The van der Waals surface area contributed by atoms with Crippen molar-refractivity contribution in [2.24, 2.45) is 5.92 Å². The highest BCUT2D eigenvalue weighted by Crippen LogP contribution is 2.27. The largest absolute Gasteiger partial charge is 0.386 e. The molecule has 0 aromatic carbocycles. The first kappa shape index (κ1) is 11.7. The quantitative estimate of drug-likeness (QED) is 0.835. The zero-order valence-corrected chi connectivity index (χ0v) is 9.97. The Morgan fingerprint density at radius 3 is 2.43 bits per heavy atom. The summed E-state index contributed by atoms with van der Waals surface area (Å²) in [7, 11) is 1.65. The Bertz CT molecular complexity index is 281. The number of hydrogen-bond acceptors (Lipinski definition) is 3. The zero-order valence-electron chi connectivity index (χ0n) is 9.15. The van der Waals surface area contributed by atoms with Gasteiger partial charge in [0.15, 0.2) is 0 Å². The Morgan fingerprint density at radius 2 is 2.07 bits per heavy atom. The summed E-state index contributed by atoms with van der Waals surface area (Å²) in [5, 5.41) is 12.0. The lowest BCUT2D eigenvalue weighted by atomic mass is 9.97. The SMILES string of the molecule is COC(C(C)C)C(O)c1csc(C)c1. The van der Waals surface area contributed by atoms with Crippen LogP contribution in [0.1, 0.15) is 30.4 Å². The van der Waals surface area contributed by atoms with Gasteiger partial charge in [0.25, 0.3) is 0 Å². The second-order valence-electron chi connectivity index (χ2n) is 3.88. The molecule has 0 fully saturated rings. The molecule has 1 aromatic heterocycles. The van der Waals surface area contributed by atoms with Gasteiger partial charge in [0.05, 0.1) is 6.10 Å². The average Bonchev–Trinajstić information content (AvgIpc) is 2.52. The van der Waals surface area contributed by atoms with Gasteiger partial charge in [-0.15, -0.1) is 11.3 Å². The van der Waals surface area contributed by atoms with Crippen molar-refractivity contribution in [1.29, 1.82) is 0 Å². The Hall–Kier alpha value is -0.380. The fourth-order valence-corrected chi connectivity index (χ4v) is 2.31. The summed E-state index contributed by atoms with van der Waals surface area (Å²) >= 11 is 1.66.